The summed E-state index contributed by atoms with van der Waals surface area (Å²) in [6.45, 7) is 9.87. The van der Waals surface area contributed by atoms with Gasteiger partial charge in [0.1, 0.15) is 23.2 Å². The number of nitrogens with zero attached hydrogens (tertiary/aromatic N) is 6. The van der Waals surface area contributed by atoms with Crippen LogP contribution in [0.5, 0.6) is 5.88 Å². The third kappa shape index (κ3) is 5.76. The van der Waals surface area contributed by atoms with Crippen LogP contribution in [0.25, 0.3) is 28.1 Å². The zero-order valence-electron chi connectivity index (χ0n) is 25.0. The molecule has 11 nitrogen and oxygen atoms in total. The van der Waals surface area contributed by atoms with Gasteiger partial charge in [0.25, 0.3) is 0 Å². The van der Waals surface area contributed by atoms with Gasteiger partial charge in [-0.15, -0.1) is 5.10 Å². The molecule has 1 unspecified atom stereocenters. The number of hydrogen-bond acceptors (Lipinski definition) is 10. The Kier molecular flexibility index (Phi) is 7.17. The number of methoxy groups -OCH3 is 1. The van der Waals surface area contributed by atoms with E-state index < -0.39 is 5.91 Å². The van der Waals surface area contributed by atoms with Crippen LogP contribution < -0.4 is 15.0 Å². The van der Waals surface area contributed by atoms with Gasteiger partial charge in [0.15, 0.2) is 11.4 Å². The number of pyridine rings is 1. The third-order valence-electron chi connectivity index (χ3n) is 7.95. The predicted octanol–water partition coefficient (Wildman–Crippen LogP) is 4.31. The first-order chi connectivity index (χ1) is 19.5. The molecule has 0 spiro atoms. The van der Waals surface area contributed by atoms with Crippen LogP contribution in [0, 0.1) is 0 Å². The summed E-state index contributed by atoms with van der Waals surface area (Å²) < 4.78 is 26.0. The maximum atomic E-state index is 6.30. The molecule has 220 valence electrons. The molecule has 5 heterocycles. The molecule has 41 heavy (non-hydrogen) atoms. The van der Waals surface area contributed by atoms with Gasteiger partial charge < -0.3 is 28.4 Å². The zero-order chi connectivity index (χ0) is 28.9. The van der Waals surface area contributed by atoms with Gasteiger partial charge >= 0.3 is 0 Å². The van der Waals surface area contributed by atoms with Gasteiger partial charge in [0.05, 0.1) is 17.2 Å². The van der Waals surface area contributed by atoms with Gasteiger partial charge in [-0.2, -0.15) is 0 Å². The standard InChI is InChI=1S/C30H41N7O4/c1-29(2,3)41-30(4,38-7)33-19-14-21(15-19)39-27-9-8-26-32-17-23(37(26)34-27)25-16-22-24(40-25)10-12-31-28(22)36-13-11-20(18-36)35(5)6/h8-10,12,16-17,19-21,33H,11,13-15,18H2,1-7H3/t19?,20-,21?,30?/m1/s1. The number of likely N-dealkylation sites (N-methyl/N-ethyl adjacent to an activating group) is 1. The molecule has 2 aliphatic rings. The summed E-state index contributed by atoms with van der Waals surface area (Å²) in [5.41, 5.74) is 1.96. The summed E-state index contributed by atoms with van der Waals surface area (Å²) in [6.07, 6.45) is 6.42. The lowest BCUT2D eigenvalue weighted by Gasteiger charge is -2.43. The molecular formula is C30H41N7O4. The number of ether oxygens (including phenoxy) is 3. The highest BCUT2D eigenvalue weighted by atomic mass is 16.7. The molecule has 11 heteroatoms. The normalized spacial score (nSPS) is 22.9. The van der Waals surface area contributed by atoms with Crippen molar-refractivity contribution in [3.8, 4) is 17.3 Å². The van der Waals surface area contributed by atoms with Crippen LogP contribution in [-0.4, -0.2) is 88.5 Å². The molecule has 2 atom stereocenters. The number of imidazole rings is 1. The molecule has 0 aromatic carbocycles. The van der Waals surface area contributed by atoms with E-state index in [0.29, 0.717) is 17.7 Å². The second kappa shape index (κ2) is 10.5. The Hall–Kier alpha value is -3.25. The molecule has 1 aliphatic carbocycles. The molecule has 4 aromatic heterocycles. The van der Waals surface area contributed by atoms with E-state index in [0.717, 1.165) is 60.5 Å². The predicted molar refractivity (Wildman–Crippen MR) is 157 cm³/mol. The fraction of sp³-hybridized carbons (Fsp3) is 0.567. The van der Waals surface area contributed by atoms with Crippen LogP contribution in [0.1, 0.15) is 47.0 Å². The lowest BCUT2D eigenvalue weighted by molar-refractivity contribution is -0.281. The molecule has 4 aromatic rings. The average Bonchev–Trinajstić information content (AvgIpc) is 3.63. The molecule has 0 bridgehead atoms. The molecule has 1 saturated heterocycles. The van der Waals surface area contributed by atoms with Crippen LogP contribution in [0.4, 0.5) is 5.82 Å². The number of hydrogen-bond donors (Lipinski definition) is 1. The van der Waals surface area contributed by atoms with Crippen molar-refractivity contribution >= 4 is 22.4 Å². The summed E-state index contributed by atoms with van der Waals surface area (Å²) in [5.74, 6) is 1.34. The summed E-state index contributed by atoms with van der Waals surface area (Å²) in [6, 6.07) is 8.48. The second-order valence-electron chi connectivity index (χ2n) is 12.5. The number of anilines is 1. The van der Waals surface area contributed by atoms with Gasteiger partial charge in [0.2, 0.25) is 11.8 Å². The summed E-state index contributed by atoms with van der Waals surface area (Å²) in [4.78, 5) is 13.9. The number of nitrogens with one attached hydrogen (secondary N) is 1. The maximum Gasteiger partial charge on any atom is 0.232 e. The Bertz CT molecular complexity index is 1520. The van der Waals surface area contributed by atoms with E-state index in [4.69, 9.17) is 28.7 Å². The van der Waals surface area contributed by atoms with Crippen molar-refractivity contribution in [1.82, 2.24) is 29.8 Å². The third-order valence-corrected chi connectivity index (χ3v) is 7.95. The van der Waals surface area contributed by atoms with Crippen LogP contribution in [0.3, 0.4) is 0 Å². The highest BCUT2D eigenvalue weighted by molar-refractivity contribution is 5.92. The monoisotopic (exact) mass is 563 g/mol. The first kappa shape index (κ1) is 27.9. The largest absolute Gasteiger partial charge is 0.473 e. The number of fused-ring (bicyclic) bond motifs is 2. The molecule has 6 rings (SSSR count). The van der Waals surface area contributed by atoms with Gasteiger partial charge in [0, 0.05) is 64.3 Å². The Morgan fingerprint density at radius 1 is 1.10 bits per heavy atom. The Morgan fingerprint density at radius 2 is 1.90 bits per heavy atom. The van der Waals surface area contributed by atoms with E-state index in [1.165, 1.54) is 0 Å². The minimum atomic E-state index is -0.860. The van der Waals surface area contributed by atoms with Gasteiger partial charge in [-0.05, 0) is 59.5 Å². The SMILES string of the molecule is COC(C)(NC1CC(Oc2ccc3ncc(-c4cc5c(N6CC[C@@H](N(C)C)C6)nccc5o4)n3n2)C1)OC(C)(C)C. The van der Waals surface area contributed by atoms with Crippen molar-refractivity contribution in [2.45, 2.75) is 76.7 Å². The van der Waals surface area contributed by atoms with E-state index in [9.17, 15) is 0 Å². The van der Waals surface area contributed by atoms with Crippen LogP contribution >= 0.6 is 0 Å². The zero-order valence-corrected chi connectivity index (χ0v) is 25.0. The highest BCUT2D eigenvalue weighted by Gasteiger charge is 2.39. The van der Waals surface area contributed by atoms with Crippen molar-refractivity contribution in [3.63, 3.8) is 0 Å². The van der Waals surface area contributed by atoms with E-state index >= 15 is 0 Å². The summed E-state index contributed by atoms with van der Waals surface area (Å²) in [5, 5.41) is 9.23. The molecule has 1 saturated carbocycles. The first-order valence-electron chi connectivity index (χ1n) is 14.3. The van der Waals surface area contributed by atoms with Crippen LogP contribution in [-0.2, 0) is 9.47 Å². The number of furan rings is 1. The second-order valence-corrected chi connectivity index (χ2v) is 12.5. The van der Waals surface area contributed by atoms with E-state index in [-0.39, 0.29) is 17.7 Å². The molecule has 0 amide bonds. The fourth-order valence-electron chi connectivity index (χ4n) is 5.81. The Morgan fingerprint density at radius 3 is 2.61 bits per heavy atom. The van der Waals surface area contributed by atoms with E-state index in [1.54, 1.807) is 17.8 Å². The number of rotatable bonds is 9. The minimum Gasteiger partial charge on any atom is -0.473 e. The van der Waals surface area contributed by atoms with Crippen molar-refractivity contribution < 1.29 is 18.6 Å². The van der Waals surface area contributed by atoms with Gasteiger partial charge in [-0.25, -0.2) is 14.5 Å². The van der Waals surface area contributed by atoms with Crippen LogP contribution in [0.2, 0.25) is 0 Å². The lowest BCUT2D eigenvalue weighted by atomic mass is 9.89. The van der Waals surface area contributed by atoms with Crippen molar-refractivity contribution in [2.75, 3.05) is 39.2 Å². The Balaban J connectivity index is 1.17. The summed E-state index contributed by atoms with van der Waals surface area (Å²) >= 11 is 0. The molecular weight excluding hydrogens is 522 g/mol. The van der Waals surface area contributed by atoms with Crippen molar-refractivity contribution in [3.05, 3.63) is 36.7 Å². The summed E-state index contributed by atoms with van der Waals surface area (Å²) in [7, 11) is 5.92. The van der Waals surface area contributed by atoms with Crippen molar-refractivity contribution in [2.24, 2.45) is 0 Å². The fourth-order valence-corrected chi connectivity index (χ4v) is 5.81. The van der Waals surface area contributed by atoms with Crippen LogP contribution in [0.15, 0.2) is 41.1 Å². The lowest BCUT2D eigenvalue weighted by Crippen LogP contribution is -2.59. The van der Waals surface area contributed by atoms with E-state index in [1.807, 2.05) is 58.2 Å². The van der Waals surface area contributed by atoms with Gasteiger partial charge in [-0.1, -0.05) is 0 Å². The Labute approximate surface area is 240 Å². The first-order valence-corrected chi connectivity index (χ1v) is 14.3. The quantitative estimate of drug-likeness (QED) is 0.296. The minimum absolute atomic E-state index is 0.0476. The molecule has 2 fully saturated rings. The molecule has 1 N–H and O–H groups in total. The van der Waals surface area contributed by atoms with E-state index in [2.05, 4.69) is 34.2 Å². The molecule has 0 radical (unpaired) electrons. The number of aromatic nitrogens is 4. The highest BCUT2D eigenvalue weighted by Crippen LogP contribution is 2.35. The topological polar surface area (TPSA) is 102 Å². The van der Waals surface area contributed by atoms with Crippen molar-refractivity contribution in [1.29, 1.82) is 0 Å². The maximum absolute atomic E-state index is 6.30. The average molecular weight is 564 g/mol. The molecule has 1 aliphatic heterocycles. The smallest absolute Gasteiger partial charge is 0.232 e. The van der Waals surface area contributed by atoms with Gasteiger partial charge in [-0.3, -0.25) is 5.32 Å².